The van der Waals surface area contributed by atoms with Crippen LogP contribution in [0.2, 0.25) is 0 Å². The smallest absolute Gasteiger partial charge is 0.245 e. The van der Waals surface area contributed by atoms with Gasteiger partial charge in [0.1, 0.15) is 11.9 Å². The van der Waals surface area contributed by atoms with Gasteiger partial charge in [-0.1, -0.05) is 19.3 Å². The molecule has 2 saturated heterocycles. The normalized spacial score (nSPS) is 26.4. The zero-order valence-electron chi connectivity index (χ0n) is 15.2. The minimum atomic E-state index is -0.128. The molecule has 3 aliphatic rings. The van der Waals surface area contributed by atoms with Gasteiger partial charge in [-0.25, -0.2) is 0 Å². The Morgan fingerprint density at radius 1 is 1.08 bits per heavy atom. The average Bonchev–Trinajstić information content (AvgIpc) is 3.20. The van der Waals surface area contributed by atoms with E-state index in [9.17, 15) is 4.79 Å². The van der Waals surface area contributed by atoms with Crippen LogP contribution in [0.3, 0.4) is 0 Å². The van der Waals surface area contributed by atoms with E-state index in [0.717, 1.165) is 44.8 Å². The van der Waals surface area contributed by atoms with Gasteiger partial charge in [0, 0.05) is 37.6 Å². The van der Waals surface area contributed by atoms with Crippen LogP contribution < -0.4 is 5.32 Å². The van der Waals surface area contributed by atoms with E-state index in [1.54, 1.807) is 0 Å². The third-order valence-electron chi connectivity index (χ3n) is 6.04. The Balaban J connectivity index is 1.39. The third kappa shape index (κ3) is 3.54. The maximum Gasteiger partial charge on any atom is 0.245 e. The zero-order chi connectivity index (χ0) is 17.2. The third-order valence-corrected chi connectivity index (χ3v) is 6.04. The predicted octanol–water partition coefficient (Wildman–Crippen LogP) is 2.89. The fraction of sp³-hybridized carbons (Fsp3) is 0.789. The molecule has 0 radical (unpaired) electrons. The number of nitrogens with zero attached hydrogens (tertiary/aromatic N) is 3. The number of aromatic nitrogens is 2. The van der Waals surface area contributed by atoms with Gasteiger partial charge in [-0.05, 0) is 39.0 Å². The highest BCUT2D eigenvalue weighted by Crippen LogP contribution is 2.30. The summed E-state index contributed by atoms with van der Waals surface area (Å²) in [5.74, 6) is 1.09. The molecule has 4 rings (SSSR count). The number of anilines is 1. The maximum absolute atomic E-state index is 12.8. The fourth-order valence-corrected chi connectivity index (χ4v) is 4.63. The lowest BCUT2D eigenvalue weighted by molar-refractivity contribution is -0.131. The first kappa shape index (κ1) is 16.9. The number of carbonyl (C=O) groups excluding carboxylic acids is 1. The minimum Gasteiger partial charge on any atom is -0.381 e. The average molecular weight is 346 g/mol. The molecule has 3 fully saturated rings. The van der Waals surface area contributed by atoms with Crippen LogP contribution in [0, 0.1) is 6.92 Å². The van der Waals surface area contributed by atoms with Crippen molar-refractivity contribution in [2.24, 2.45) is 0 Å². The molecule has 3 heterocycles. The number of amides is 1. The van der Waals surface area contributed by atoms with Crippen molar-refractivity contribution in [3.63, 3.8) is 0 Å². The van der Waals surface area contributed by atoms with E-state index < -0.39 is 0 Å². The quantitative estimate of drug-likeness (QED) is 0.911. The van der Waals surface area contributed by atoms with Gasteiger partial charge >= 0.3 is 0 Å². The van der Waals surface area contributed by atoms with E-state index in [4.69, 9.17) is 9.84 Å². The lowest BCUT2D eigenvalue weighted by Gasteiger charge is -2.31. The van der Waals surface area contributed by atoms with E-state index in [1.807, 2.05) is 0 Å². The second kappa shape index (κ2) is 7.36. The van der Waals surface area contributed by atoms with Gasteiger partial charge in [0.2, 0.25) is 5.91 Å². The molecule has 1 unspecified atom stereocenters. The number of hydrogen-bond donors (Lipinski definition) is 1. The molecule has 0 bridgehead atoms. The van der Waals surface area contributed by atoms with Crippen LogP contribution in [0.5, 0.6) is 0 Å². The summed E-state index contributed by atoms with van der Waals surface area (Å²) in [5.41, 5.74) is 1.20. The van der Waals surface area contributed by atoms with Crippen molar-refractivity contribution in [2.45, 2.75) is 76.4 Å². The molecule has 1 amide bonds. The first-order chi connectivity index (χ1) is 12.2. The topological polar surface area (TPSA) is 59.4 Å². The van der Waals surface area contributed by atoms with Crippen LogP contribution in [0.1, 0.15) is 63.1 Å². The van der Waals surface area contributed by atoms with Crippen molar-refractivity contribution < 1.29 is 9.53 Å². The Hall–Kier alpha value is -1.56. The Bertz CT molecular complexity index is 603. The van der Waals surface area contributed by atoms with Crippen LogP contribution >= 0.6 is 0 Å². The highest BCUT2D eigenvalue weighted by atomic mass is 16.5. The molecule has 0 aromatic carbocycles. The van der Waals surface area contributed by atoms with E-state index in [0.29, 0.717) is 12.1 Å². The second-order valence-electron chi connectivity index (χ2n) is 7.77. The van der Waals surface area contributed by atoms with Crippen LogP contribution in [-0.2, 0) is 9.53 Å². The molecule has 6 heteroatoms. The summed E-state index contributed by atoms with van der Waals surface area (Å²) in [5, 5.41) is 8.19. The molecule has 6 nitrogen and oxygen atoms in total. The number of aryl methyl sites for hydroxylation is 1. The number of carbonyl (C=O) groups is 1. The van der Waals surface area contributed by atoms with E-state index in [-0.39, 0.29) is 11.9 Å². The zero-order valence-corrected chi connectivity index (χ0v) is 15.2. The summed E-state index contributed by atoms with van der Waals surface area (Å²) in [7, 11) is 0. The lowest BCUT2D eigenvalue weighted by Crippen LogP contribution is -2.43. The number of likely N-dealkylation sites (tertiary alicyclic amines) is 1. The van der Waals surface area contributed by atoms with E-state index >= 15 is 0 Å². The number of ether oxygens (including phenoxy) is 1. The highest BCUT2D eigenvalue weighted by Gasteiger charge is 2.36. The van der Waals surface area contributed by atoms with Gasteiger partial charge in [0.15, 0.2) is 0 Å². The predicted molar refractivity (Wildman–Crippen MR) is 96.7 cm³/mol. The van der Waals surface area contributed by atoms with Gasteiger partial charge in [-0.15, -0.1) is 0 Å². The lowest BCUT2D eigenvalue weighted by atomic mass is 9.95. The van der Waals surface area contributed by atoms with Crippen molar-refractivity contribution in [2.75, 3.05) is 25.1 Å². The van der Waals surface area contributed by atoms with Crippen LogP contribution in [0.15, 0.2) is 6.07 Å². The summed E-state index contributed by atoms with van der Waals surface area (Å²) < 4.78 is 7.60. The summed E-state index contributed by atoms with van der Waals surface area (Å²) in [6.07, 6.45) is 9.19. The summed E-state index contributed by atoms with van der Waals surface area (Å²) >= 11 is 0. The number of rotatable bonds is 4. The molecule has 25 heavy (non-hydrogen) atoms. The Kier molecular flexibility index (Phi) is 4.97. The Morgan fingerprint density at radius 3 is 2.60 bits per heavy atom. The highest BCUT2D eigenvalue weighted by molar-refractivity contribution is 5.86. The monoisotopic (exact) mass is 346 g/mol. The first-order valence-electron chi connectivity index (χ1n) is 9.93. The van der Waals surface area contributed by atoms with Gasteiger partial charge in [0.25, 0.3) is 0 Å². The molecule has 138 valence electrons. The molecule has 0 spiro atoms. The van der Waals surface area contributed by atoms with Crippen molar-refractivity contribution in [3.05, 3.63) is 11.8 Å². The fourth-order valence-electron chi connectivity index (χ4n) is 4.63. The Morgan fingerprint density at radius 2 is 1.84 bits per heavy atom. The molecule has 1 aromatic rings. The van der Waals surface area contributed by atoms with Crippen molar-refractivity contribution in [3.8, 4) is 0 Å². The first-order valence-corrected chi connectivity index (χ1v) is 9.93. The van der Waals surface area contributed by atoms with Crippen molar-refractivity contribution in [1.82, 2.24) is 14.7 Å². The second-order valence-corrected chi connectivity index (χ2v) is 7.77. The molecule has 1 atom stereocenters. The summed E-state index contributed by atoms with van der Waals surface area (Å²) in [6.45, 7) is 4.52. The molecule has 1 aliphatic carbocycles. The minimum absolute atomic E-state index is 0.128. The molecular formula is C19H30N4O2. The summed E-state index contributed by atoms with van der Waals surface area (Å²) in [6, 6.07) is 2.85. The van der Waals surface area contributed by atoms with E-state index in [1.165, 1.54) is 37.8 Å². The van der Waals surface area contributed by atoms with Gasteiger partial charge in [0.05, 0.1) is 6.04 Å². The van der Waals surface area contributed by atoms with Crippen LogP contribution in [0.4, 0.5) is 5.82 Å². The molecule has 1 N–H and O–H groups in total. The molecular weight excluding hydrogens is 316 g/mol. The van der Waals surface area contributed by atoms with Gasteiger partial charge in [-0.2, -0.15) is 5.10 Å². The van der Waals surface area contributed by atoms with Crippen LogP contribution in [0.25, 0.3) is 0 Å². The molecule has 2 aliphatic heterocycles. The van der Waals surface area contributed by atoms with Crippen LogP contribution in [-0.4, -0.2) is 52.4 Å². The van der Waals surface area contributed by atoms with Crippen molar-refractivity contribution in [1.29, 1.82) is 0 Å². The molecule has 1 aromatic heterocycles. The number of nitrogens with one attached hydrogen (secondary N) is 1. The van der Waals surface area contributed by atoms with Crippen molar-refractivity contribution >= 4 is 11.7 Å². The SMILES string of the molecule is Cc1cc(NC2CCN(C3CCOCC3)C2=O)nn1C1CCCCC1. The largest absolute Gasteiger partial charge is 0.381 e. The molecule has 1 saturated carbocycles. The number of hydrogen-bond acceptors (Lipinski definition) is 4. The van der Waals surface area contributed by atoms with E-state index in [2.05, 4.69) is 27.9 Å². The van der Waals surface area contributed by atoms with Gasteiger partial charge in [-0.3, -0.25) is 9.48 Å². The van der Waals surface area contributed by atoms with Gasteiger partial charge < -0.3 is 15.0 Å². The summed E-state index contributed by atoms with van der Waals surface area (Å²) in [4.78, 5) is 14.9. The maximum atomic E-state index is 12.8. The Labute approximate surface area is 149 Å². The standard InChI is InChI=1S/C19H30N4O2/c1-14-13-18(21-23(14)16-5-3-2-4-6-16)20-17-7-10-22(19(17)24)15-8-11-25-12-9-15/h13,15-17H,2-12H2,1H3,(H,20,21).